The fourth-order valence-corrected chi connectivity index (χ4v) is 2.25. The average Bonchev–Trinajstić information content (AvgIpc) is 2.50. The number of ether oxygens (including phenoxy) is 1. The Morgan fingerprint density at radius 2 is 1.91 bits per heavy atom. The minimum absolute atomic E-state index is 0.0609. The standard InChI is InChI=1S/C18H23NO4/c1-12(2)4-5-13(3)19-17(20)11-22-15-8-6-14-7-9-18(21)23-16(14)10-15/h6-10,12-13H,4-5,11H2,1-3H3,(H,19,20). The van der Waals surface area contributed by atoms with E-state index >= 15 is 0 Å². The van der Waals surface area contributed by atoms with Crippen LogP contribution in [0, 0.1) is 5.92 Å². The second-order valence-corrected chi connectivity index (χ2v) is 6.18. The van der Waals surface area contributed by atoms with E-state index in [9.17, 15) is 9.59 Å². The van der Waals surface area contributed by atoms with E-state index in [1.54, 1.807) is 24.3 Å². The third-order valence-corrected chi connectivity index (χ3v) is 3.55. The van der Waals surface area contributed by atoms with E-state index in [1.165, 1.54) is 6.07 Å². The van der Waals surface area contributed by atoms with Crippen molar-refractivity contribution in [3.63, 3.8) is 0 Å². The van der Waals surface area contributed by atoms with Crippen LogP contribution in [-0.2, 0) is 4.79 Å². The summed E-state index contributed by atoms with van der Waals surface area (Å²) in [5.74, 6) is 0.963. The van der Waals surface area contributed by atoms with Gasteiger partial charge in [0.05, 0.1) is 0 Å². The van der Waals surface area contributed by atoms with Crippen molar-refractivity contribution in [3.8, 4) is 5.75 Å². The second kappa shape index (κ2) is 7.81. The summed E-state index contributed by atoms with van der Waals surface area (Å²) in [4.78, 5) is 23.1. The van der Waals surface area contributed by atoms with Crippen LogP contribution < -0.4 is 15.7 Å². The Morgan fingerprint density at radius 3 is 2.65 bits per heavy atom. The molecule has 0 fully saturated rings. The summed E-state index contributed by atoms with van der Waals surface area (Å²) in [6.07, 6.45) is 2.02. The van der Waals surface area contributed by atoms with Crippen LogP contribution in [0.1, 0.15) is 33.6 Å². The lowest BCUT2D eigenvalue weighted by Crippen LogP contribution is -2.36. The van der Waals surface area contributed by atoms with Crippen molar-refractivity contribution in [1.82, 2.24) is 5.32 Å². The molecular formula is C18H23NO4. The zero-order valence-corrected chi connectivity index (χ0v) is 13.8. The quantitative estimate of drug-likeness (QED) is 0.797. The SMILES string of the molecule is CC(C)CCC(C)NC(=O)COc1ccc2ccc(=O)oc2c1. The van der Waals surface area contributed by atoms with E-state index < -0.39 is 5.63 Å². The van der Waals surface area contributed by atoms with Crippen LogP contribution in [-0.4, -0.2) is 18.6 Å². The van der Waals surface area contributed by atoms with Crippen molar-refractivity contribution in [2.45, 2.75) is 39.7 Å². The highest BCUT2D eigenvalue weighted by Crippen LogP contribution is 2.19. The first kappa shape index (κ1) is 17.1. The molecule has 0 saturated carbocycles. The smallest absolute Gasteiger partial charge is 0.336 e. The van der Waals surface area contributed by atoms with Crippen molar-refractivity contribution in [1.29, 1.82) is 0 Å². The maximum atomic E-state index is 11.9. The van der Waals surface area contributed by atoms with Gasteiger partial charge in [0.15, 0.2) is 6.61 Å². The lowest BCUT2D eigenvalue weighted by Gasteiger charge is -2.15. The zero-order chi connectivity index (χ0) is 16.8. The third kappa shape index (κ3) is 5.43. The summed E-state index contributed by atoms with van der Waals surface area (Å²) in [5.41, 5.74) is 0.0343. The van der Waals surface area contributed by atoms with E-state index in [0.717, 1.165) is 18.2 Å². The Morgan fingerprint density at radius 1 is 1.17 bits per heavy atom. The monoisotopic (exact) mass is 317 g/mol. The number of hydrogen-bond donors (Lipinski definition) is 1. The molecule has 1 unspecified atom stereocenters. The van der Waals surface area contributed by atoms with Crippen LogP contribution in [0.25, 0.3) is 11.0 Å². The molecule has 0 bridgehead atoms. The predicted octanol–water partition coefficient (Wildman–Crippen LogP) is 3.11. The maximum Gasteiger partial charge on any atom is 0.336 e. The fourth-order valence-electron chi connectivity index (χ4n) is 2.25. The fraction of sp³-hybridized carbons (Fsp3) is 0.444. The van der Waals surface area contributed by atoms with Crippen molar-refractivity contribution in [2.75, 3.05) is 6.61 Å². The molecule has 0 saturated heterocycles. The molecule has 5 nitrogen and oxygen atoms in total. The predicted molar refractivity (Wildman–Crippen MR) is 89.7 cm³/mol. The van der Waals surface area contributed by atoms with Gasteiger partial charge in [0, 0.05) is 23.6 Å². The van der Waals surface area contributed by atoms with Crippen LogP contribution in [0.2, 0.25) is 0 Å². The summed E-state index contributed by atoms with van der Waals surface area (Å²) in [6.45, 7) is 6.26. The minimum atomic E-state index is -0.411. The van der Waals surface area contributed by atoms with Gasteiger partial charge in [-0.15, -0.1) is 0 Å². The summed E-state index contributed by atoms with van der Waals surface area (Å²) < 4.78 is 10.6. The maximum absolute atomic E-state index is 11.9. The van der Waals surface area contributed by atoms with Gasteiger partial charge in [-0.1, -0.05) is 13.8 Å². The molecule has 5 heteroatoms. The van der Waals surface area contributed by atoms with Crippen molar-refractivity contribution >= 4 is 16.9 Å². The molecule has 0 radical (unpaired) electrons. The number of benzene rings is 1. The summed E-state index contributed by atoms with van der Waals surface area (Å²) in [5, 5.41) is 3.72. The zero-order valence-electron chi connectivity index (χ0n) is 13.8. The van der Waals surface area contributed by atoms with Crippen LogP contribution in [0.5, 0.6) is 5.75 Å². The Kier molecular flexibility index (Phi) is 5.79. The van der Waals surface area contributed by atoms with E-state index in [0.29, 0.717) is 17.3 Å². The van der Waals surface area contributed by atoms with Crippen molar-refractivity contribution in [3.05, 3.63) is 40.8 Å². The van der Waals surface area contributed by atoms with Gasteiger partial charge >= 0.3 is 5.63 Å². The molecule has 2 aromatic rings. The van der Waals surface area contributed by atoms with Gasteiger partial charge in [0.1, 0.15) is 11.3 Å². The van der Waals surface area contributed by atoms with Crippen molar-refractivity contribution in [2.24, 2.45) is 5.92 Å². The summed E-state index contributed by atoms with van der Waals surface area (Å²) in [7, 11) is 0. The summed E-state index contributed by atoms with van der Waals surface area (Å²) >= 11 is 0. The van der Waals surface area contributed by atoms with Gasteiger partial charge in [0.25, 0.3) is 5.91 Å². The molecule has 124 valence electrons. The van der Waals surface area contributed by atoms with Crippen LogP contribution in [0.4, 0.5) is 0 Å². The molecule has 0 aliphatic rings. The Bertz CT molecular complexity index is 720. The highest BCUT2D eigenvalue weighted by atomic mass is 16.5. The topological polar surface area (TPSA) is 68.5 Å². The molecule has 1 aromatic carbocycles. The van der Waals surface area contributed by atoms with Gasteiger partial charge in [0.2, 0.25) is 0 Å². The highest BCUT2D eigenvalue weighted by molar-refractivity contribution is 5.79. The lowest BCUT2D eigenvalue weighted by molar-refractivity contribution is -0.123. The van der Waals surface area contributed by atoms with Gasteiger partial charge in [-0.3, -0.25) is 4.79 Å². The molecule has 2 rings (SSSR count). The minimum Gasteiger partial charge on any atom is -0.484 e. The first-order chi connectivity index (χ1) is 10.9. The molecule has 1 amide bonds. The number of rotatable bonds is 7. The Hall–Kier alpha value is -2.30. The number of carbonyl (C=O) groups excluding carboxylic acids is 1. The van der Waals surface area contributed by atoms with Gasteiger partial charge < -0.3 is 14.5 Å². The number of amides is 1. The van der Waals surface area contributed by atoms with Gasteiger partial charge in [-0.05, 0) is 43.9 Å². The number of nitrogens with one attached hydrogen (secondary N) is 1. The Balaban J connectivity index is 1.87. The largest absolute Gasteiger partial charge is 0.484 e. The van der Waals surface area contributed by atoms with Gasteiger partial charge in [-0.25, -0.2) is 4.79 Å². The highest BCUT2D eigenvalue weighted by Gasteiger charge is 2.09. The lowest BCUT2D eigenvalue weighted by atomic mass is 10.0. The van der Waals surface area contributed by atoms with E-state index in [-0.39, 0.29) is 18.6 Å². The number of carbonyl (C=O) groups is 1. The van der Waals surface area contributed by atoms with Crippen molar-refractivity contribution < 1.29 is 13.9 Å². The molecule has 1 atom stereocenters. The first-order valence-electron chi connectivity index (χ1n) is 7.90. The molecule has 0 aliphatic carbocycles. The number of fused-ring (bicyclic) bond motifs is 1. The van der Waals surface area contributed by atoms with Gasteiger partial charge in [-0.2, -0.15) is 0 Å². The molecule has 1 heterocycles. The molecule has 0 aliphatic heterocycles. The second-order valence-electron chi connectivity index (χ2n) is 6.18. The van der Waals surface area contributed by atoms with Crippen LogP contribution in [0.15, 0.2) is 39.5 Å². The van der Waals surface area contributed by atoms with Crippen LogP contribution in [0.3, 0.4) is 0 Å². The normalized spacial score (nSPS) is 12.3. The molecule has 0 spiro atoms. The van der Waals surface area contributed by atoms with E-state index in [1.807, 2.05) is 6.92 Å². The Labute approximate surface area is 135 Å². The third-order valence-electron chi connectivity index (χ3n) is 3.55. The van der Waals surface area contributed by atoms with E-state index in [4.69, 9.17) is 9.15 Å². The average molecular weight is 317 g/mol. The van der Waals surface area contributed by atoms with Crippen LogP contribution >= 0.6 is 0 Å². The first-order valence-corrected chi connectivity index (χ1v) is 7.90. The molecule has 1 aromatic heterocycles. The molecule has 1 N–H and O–H groups in total. The number of hydrogen-bond acceptors (Lipinski definition) is 4. The van der Waals surface area contributed by atoms with E-state index in [2.05, 4.69) is 19.2 Å². The molecule has 23 heavy (non-hydrogen) atoms. The summed E-state index contributed by atoms with van der Waals surface area (Å²) in [6, 6.07) is 8.34. The molecular weight excluding hydrogens is 294 g/mol.